The second-order valence-electron chi connectivity index (χ2n) is 11.8. The maximum absolute atomic E-state index is 13.1. The lowest BCUT2D eigenvalue weighted by Crippen LogP contribution is -2.32. The summed E-state index contributed by atoms with van der Waals surface area (Å²) < 4.78 is 23.3. The molecule has 1 aliphatic rings. The zero-order valence-corrected chi connectivity index (χ0v) is 26.9. The van der Waals surface area contributed by atoms with Crippen LogP contribution in [0.1, 0.15) is 62.8 Å². The summed E-state index contributed by atoms with van der Waals surface area (Å²) in [4.78, 5) is 27.3. The van der Waals surface area contributed by atoms with Gasteiger partial charge in [-0.15, -0.1) is 0 Å². The van der Waals surface area contributed by atoms with Crippen molar-refractivity contribution in [2.24, 2.45) is 0 Å². The number of ether oxygens (including phenoxy) is 4. The molecular weight excluding hydrogens is 562 g/mol. The highest BCUT2D eigenvalue weighted by Crippen LogP contribution is 2.35. The van der Waals surface area contributed by atoms with Gasteiger partial charge in [0.2, 0.25) is 0 Å². The Morgan fingerprint density at radius 2 is 1.53 bits per heavy atom. The molecule has 3 aromatic carbocycles. The molecule has 7 nitrogen and oxygen atoms in total. The maximum Gasteiger partial charge on any atom is 0.293 e. The van der Waals surface area contributed by atoms with Gasteiger partial charge in [0.15, 0.2) is 11.5 Å². The van der Waals surface area contributed by atoms with Gasteiger partial charge >= 0.3 is 0 Å². The second-order valence-corrected chi connectivity index (χ2v) is 12.8. The first-order chi connectivity index (χ1) is 20.5. The highest BCUT2D eigenvalue weighted by atomic mass is 32.2. The number of methoxy groups -OCH3 is 1. The van der Waals surface area contributed by atoms with E-state index in [1.165, 1.54) is 10.5 Å². The highest BCUT2D eigenvalue weighted by molar-refractivity contribution is 8.18. The van der Waals surface area contributed by atoms with Crippen molar-refractivity contribution in [1.29, 1.82) is 0 Å². The Bertz CT molecular complexity index is 1470. The average Bonchev–Trinajstić information content (AvgIpc) is 3.22. The lowest BCUT2D eigenvalue weighted by Gasteiger charge is -2.19. The van der Waals surface area contributed by atoms with Crippen LogP contribution in [-0.2, 0) is 10.2 Å². The molecule has 1 fully saturated rings. The summed E-state index contributed by atoms with van der Waals surface area (Å²) in [5.41, 5.74) is 4.25. The monoisotopic (exact) mass is 603 g/mol. The molecule has 1 aliphatic heterocycles. The fourth-order valence-electron chi connectivity index (χ4n) is 4.59. The number of imide groups is 1. The van der Waals surface area contributed by atoms with E-state index < -0.39 is 0 Å². The molecule has 1 saturated heterocycles. The number of carbonyl (C=O) groups excluding carboxylic acids is 2. The van der Waals surface area contributed by atoms with E-state index in [-0.39, 0.29) is 29.7 Å². The van der Waals surface area contributed by atoms with Crippen LogP contribution in [0.25, 0.3) is 6.08 Å². The minimum absolute atomic E-state index is 0.0909. The Labute approximate surface area is 259 Å². The first kappa shape index (κ1) is 32.0. The van der Waals surface area contributed by atoms with Crippen LogP contribution in [0.5, 0.6) is 23.0 Å². The van der Waals surface area contributed by atoms with E-state index in [0.29, 0.717) is 35.5 Å². The van der Waals surface area contributed by atoms with Gasteiger partial charge in [-0.1, -0.05) is 65.0 Å². The van der Waals surface area contributed by atoms with Crippen LogP contribution in [-0.4, -0.2) is 49.5 Å². The first-order valence-corrected chi connectivity index (χ1v) is 15.3. The van der Waals surface area contributed by atoms with Gasteiger partial charge in [0.25, 0.3) is 11.1 Å². The molecule has 0 spiro atoms. The summed E-state index contributed by atoms with van der Waals surface area (Å²) in [6, 6.07) is 19.6. The summed E-state index contributed by atoms with van der Waals surface area (Å²) >= 11 is 0.922. The zero-order valence-electron chi connectivity index (χ0n) is 26.1. The van der Waals surface area contributed by atoms with E-state index in [9.17, 15) is 9.59 Å². The van der Waals surface area contributed by atoms with Crippen LogP contribution in [0, 0.1) is 6.92 Å². The number of thioether (sulfide) groups is 1. The quantitative estimate of drug-likeness (QED) is 0.153. The van der Waals surface area contributed by atoms with Crippen molar-refractivity contribution < 1.29 is 28.5 Å². The predicted molar refractivity (Wildman–Crippen MR) is 173 cm³/mol. The van der Waals surface area contributed by atoms with Gasteiger partial charge in [-0.2, -0.15) is 0 Å². The molecule has 0 saturated carbocycles. The fraction of sp³-hybridized carbons (Fsp3) is 0.371. The van der Waals surface area contributed by atoms with Crippen molar-refractivity contribution in [3.8, 4) is 23.0 Å². The van der Waals surface area contributed by atoms with Gasteiger partial charge in [0.1, 0.15) is 31.3 Å². The third-order valence-corrected chi connectivity index (χ3v) is 7.96. The van der Waals surface area contributed by atoms with E-state index in [0.717, 1.165) is 40.0 Å². The minimum Gasteiger partial charge on any atom is -0.493 e. The van der Waals surface area contributed by atoms with Gasteiger partial charge < -0.3 is 18.9 Å². The number of benzene rings is 3. The molecule has 1 heterocycles. The molecule has 0 N–H and O–H groups in total. The highest BCUT2D eigenvalue weighted by Gasteiger charge is 2.35. The first-order valence-electron chi connectivity index (χ1n) is 14.5. The molecule has 0 radical (unpaired) electrons. The van der Waals surface area contributed by atoms with E-state index in [4.69, 9.17) is 18.9 Å². The molecule has 0 bridgehead atoms. The number of nitrogens with zero attached hydrogens (tertiary/aromatic N) is 1. The molecule has 0 atom stereocenters. The lowest BCUT2D eigenvalue weighted by molar-refractivity contribution is -0.123. The second kappa shape index (κ2) is 14.0. The normalized spacial score (nSPS) is 14.5. The summed E-state index contributed by atoms with van der Waals surface area (Å²) in [7, 11) is 1.56. The number of hydrogen-bond acceptors (Lipinski definition) is 7. The van der Waals surface area contributed by atoms with Gasteiger partial charge in [0, 0.05) is 0 Å². The fourth-order valence-corrected chi connectivity index (χ4v) is 5.46. The average molecular weight is 604 g/mol. The van der Waals surface area contributed by atoms with Crippen LogP contribution in [0.15, 0.2) is 65.6 Å². The van der Waals surface area contributed by atoms with Crippen molar-refractivity contribution >= 4 is 29.0 Å². The molecule has 4 rings (SSSR count). The van der Waals surface area contributed by atoms with Crippen LogP contribution in [0.2, 0.25) is 0 Å². The van der Waals surface area contributed by atoms with E-state index >= 15 is 0 Å². The Morgan fingerprint density at radius 1 is 0.837 bits per heavy atom. The molecular formula is C35H41NO6S. The van der Waals surface area contributed by atoms with Crippen molar-refractivity contribution in [2.75, 3.05) is 33.5 Å². The zero-order chi connectivity index (χ0) is 31.1. The van der Waals surface area contributed by atoms with Crippen molar-refractivity contribution in [3.05, 3.63) is 87.8 Å². The number of amides is 2. The summed E-state index contributed by atoms with van der Waals surface area (Å²) in [6.45, 7) is 13.9. The van der Waals surface area contributed by atoms with E-state index in [2.05, 4.69) is 58.9 Å². The standard InChI is InChI=1S/C35H41NO6S/c1-23(2)28-14-8-24(3)20-30(28)41-17-16-36-33(37)32(43-34(36)38)22-25-9-15-29(31(21-25)39-7)42-19-18-40-27-12-10-26(11-13-27)35(4,5)6/h8-15,20-23H,16-19H2,1-7H3/b32-22-. The Morgan fingerprint density at radius 3 is 2.21 bits per heavy atom. The molecule has 43 heavy (non-hydrogen) atoms. The third-order valence-electron chi connectivity index (χ3n) is 7.05. The van der Waals surface area contributed by atoms with Crippen LogP contribution < -0.4 is 18.9 Å². The summed E-state index contributed by atoms with van der Waals surface area (Å²) in [6.07, 6.45) is 1.69. The van der Waals surface area contributed by atoms with Crippen LogP contribution >= 0.6 is 11.8 Å². The predicted octanol–water partition coefficient (Wildman–Crippen LogP) is 8.00. The molecule has 0 aliphatic carbocycles. The molecule has 8 heteroatoms. The molecule has 0 unspecified atom stereocenters. The third kappa shape index (κ3) is 8.35. The lowest BCUT2D eigenvalue weighted by atomic mass is 9.87. The van der Waals surface area contributed by atoms with E-state index in [1.54, 1.807) is 25.3 Å². The summed E-state index contributed by atoms with van der Waals surface area (Å²) in [5.74, 6) is 2.62. The van der Waals surface area contributed by atoms with E-state index in [1.807, 2.05) is 31.2 Å². The topological polar surface area (TPSA) is 74.3 Å². The molecule has 228 valence electrons. The van der Waals surface area contributed by atoms with Gasteiger partial charge in [-0.05, 0) is 88.7 Å². The molecule has 2 amide bonds. The molecule has 0 aromatic heterocycles. The minimum atomic E-state index is -0.334. The molecule has 3 aromatic rings. The summed E-state index contributed by atoms with van der Waals surface area (Å²) in [5, 5.41) is -0.312. The number of rotatable bonds is 12. The Hall–Kier alpha value is -3.91. The van der Waals surface area contributed by atoms with Gasteiger partial charge in [-0.3, -0.25) is 14.5 Å². The van der Waals surface area contributed by atoms with Crippen molar-refractivity contribution in [2.45, 2.75) is 52.9 Å². The van der Waals surface area contributed by atoms with Crippen LogP contribution in [0.4, 0.5) is 4.79 Å². The Balaban J connectivity index is 1.32. The van der Waals surface area contributed by atoms with Gasteiger partial charge in [0.05, 0.1) is 18.6 Å². The number of carbonyl (C=O) groups is 2. The van der Waals surface area contributed by atoms with Crippen molar-refractivity contribution in [3.63, 3.8) is 0 Å². The van der Waals surface area contributed by atoms with Gasteiger partial charge in [-0.25, -0.2) is 0 Å². The number of hydrogen-bond donors (Lipinski definition) is 0. The SMILES string of the molecule is COc1cc(/C=C2\SC(=O)N(CCOc3cc(C)ccc3C(C)C)C2=O)ccc1OCCOc1ccc(C(C)(C)C)cc1. The smallest absolute Gasteiger partial charge is 0.293 e. The van der Waals surface area contributed by atoms with Crippen LogP contribution in [0.3, 0.4) is 0 Å². The van der Waals surface area contributed by atoms with Crippen molar-refractivity contribution in [1.82, 2.24) is 4.90 Å². The Kier molecular flexibility index (Phi) is 10.5. The maximum atomic E-state index is 13.1. The number of aryl methyl sites for hydroxylation is 1. The largest absolute Gasteiger partial charge is 0.493 e.